The molecule has 0 bridgehead atoms. The van der Waals surface area contributed by atoms with E-state index >= 15 is 0 Å². The highest BCUT2D eigenvalue weighted by atomic mass is 35.5. The lowest BCUT2D eigenvalue weighted by Crippen LogP contribution is -2.36. The zero-order valence-electron chi connectivity index (χ0n) is 13.6. The number of piperidine rings is 1. The van der Waals surface area contributed by atoms with E-state index in [4.69, 9.17) is 5.73 Å². The topological polar surface area (TPSA) is 83.7 Å². The van der Waals surface area contributed by atoms with Crippen LogP contribution in [-0.2, 0) is 10.0 Å². The molecule has 6 nitrogen and oxygen atoms in total. The quantitative estimate of drug-likeness (QED) is 0.869. The molecule has 2 aliphatic rings. The van der Waals surface area contributed by atoms with Crippen LogP contribution in [0.2, 0.25) is 0 Å². The Bertz CT molecular complexity index is 690. The lowest BCUT2D eigenvalue weighted by atomic mass is 10.2. The smallest absolute Gasteiger partial charge is 0.253 e. The molecule has 2 fully saturated rings. The highest BCUT2D eigenvalue weighted by Crippen LogP contribution is 2.22. The van der Waals surface area contributed by atoms with Crippen LogP contribution >= 0.6 is 12.4 Å². The van der Waals surface area contributed by atoms with E-state index in [0.717, 1.165) is 25.7 Å². The van der Waals surface area contributed by atoms with Crippen molar-refractivity contribution >= 4 is 28.3 Å². The molecular weight excluding hydrogens is 350 g/mol. The van der Waals surface area contributed by atoms with Crippen LogP contribution in [0.4, 0.5) is 0 Å². The van der Waals surface area contributed by atoms with Gasteiger partial charge in [0, 0.05) is 37.8 Å². The molecule has 2 heterocycles. The Morgan fingerprint density at radius 3 is 2.46 bits per heavy atom. The van der Waals surface area contributed by atoms with Gasteiger partial charge in [0.1, 0.15) is 0 Å². The summed E-state index contributed by atoms with van der Waals surface area (Å²) in [6.07, 6.45) is 3.64. The molecule has 0 unspecified atom stereocenters. The number of nitrogens with zero attached hydrogens (tertiary/aromatic N) is 2. The standard InChI is InChI=1S/C16H23N3O3S.ClH/c17-14-7-10-18(12-14)16(20)13-5-4-6-15(11-13)23(21,22)19-8-2-1-3-9-19;/h4-6,11,14H,1-3,7-10,12,17H2;1H/t14-;/m1./s1. The first kappa shape index (κ1) is 19.2. The number of hydrogen-bond acceptors (Lipinski definition) is 4. The predicted molar refractivity (Wildman–Crippen MR) is 94.8 cm³/mol. The second-order valence-electron chi connectivity index (χ2n) is 6.29. The minimum absolute atomic E-state index is 0. The van der Waals surface area contributed by atoms with Crippen molar-refractivity contribution in [1.29, 1.82) is 0 Å². The maximum atomic E-state index is 12.7. The molecule has 24 heavy (non-hydrogen) atoms. The van der Waals surface area contributed by atoms with Gasteiger partial charge in [-0.1, -0.05) is 12.5 Å². The molecule has 0 aliphatic carbocycles. The molecule has 0 saturated carbocycles. The first-order valence-corrected chi connectivity index (χ1v) is 9.57. The number of halogens is 1. The monoisotopic (exact) mass is 373 g/mol. The van der Waals surface area contributed by atoms with Crippen molar-refractivity contribution < 1.29 is 13.2 Å². The maximum Gasteiger partial charge on any atom is 0.253 e. The SMILES string of the molecule is Cl.N[C@@H]1CCN(C(=O)c2cccc(S(=O)(=O)N3CCCCC3)c2)C1. The lowest BCUT2D eigenvalue weighted by molar-refractivity contribution is 0.0790. The fourth-order valence-electron chi connectivity index (χ4n) is 3.20. The molecule has 2 saturated heterocycles. The summed E-state index contributed by atoms with van der Waals surface area (Å²) in [7, 11) is -3.51. The van der Waals surface area contributed by atoms with E-state index in [1.54, 1.807) is 23.1 Å². The summed E-state index contributed by atoms with van der Waals surface area (Å²) in [4.78, 5) is 14.4. The normalized spacial score (nSPS) is 22.2. The molecule has 0 radical (unpaired) electrons. The van der Waals surface area contributed by atoms with Crippen LogP contribution in [-0.4, -0.2) is 55.8 Å². The maximum absolute atomic E-state index is 12.7. The van der Waals surface area contributed by atoms with Gasteiger partial charge < -0.3 is 10.6 Å². The Balaban J connectivity index is 0.00000208. The van der Waals surface area contributed by atoms with Crippen LogP contribution < -0.4 is 5.73 Å². The number of rotatable bonds is 3. The minimum Gasteiger partial charge on any atom is -0.337 e. The van der Waals surface area contributed by atoms with Crippen molar-refractivity contribution in [3.8, 4) is 0 Å². The number of likely N-dealkylation sites (tertiary alicyclic amines) is 1. The Morgan fingerprint density at radius 1 is 1.12 bits per heavy atom. The van der Waals surface area contributed by atoms with Crippen LogP contribution in [0.5, 0.6) is 0 Å². The Morgan fingerprint density at radius 2 is 1.83 bits per heavy atom. The molecule has 8 heteroatoms. The second-order valence-corrected chi connectivity index (χ2v) is 8.23. The average Bonchev–Trinajstić information content (AvgIpc) is 3.01. The number of hydrogen-bond donors (Lipinski definition) is 1. The van der Waals surface area contributed by atoms with E-state index in [1.165, 1.54) is 10.4 Å². The van der Waals surface area contributed by atoms with Crippen LogP contribution in [0.3, 0.4) is 0 Å². The van der Waals surface area contributed by atoms with Crippen LogP contribution in [0.15, 0.2) is 29.2 Å². The molecule has 2 N–H and O–H groups in total. The van der Waals surface area contributed by atoms with E-state index in [0.29, 0.717) is 31.7 Å². The summed E-state index contributed by atoms with van der Waals surface area (Å²) in [5.41, 5.74) is 6.26. The van der Waals surface area contributed by atoms with E-state index < -0.39 is 10.0 Å². The predicted octanol–water partition coefficient (Wildman–Crippen LogP) is 1.46. The van der Waals surface area contributed by atoms with Crippen molar-refractivity contribution in [2.75, 3.05) is 26.2 Å². The van der Waals surface area contributed by atoms with Crippen LogP contribution in [0.1, 0.15) is 36.0 Å². The summed E-state index contributed by atoms with van der Waals surface area (Å²) >= 11 is 0. The summed E-state index contributed by atoms with van der Waals surface area (Å²) in [5, 5.41) is 0. The average molecular weight is 374 g/mol. The van der Waals surface area contributed by atoms with Gasteiger partial charge in [-0.3, -0.25) is 4.79 Å². The highest BCUT2D eigenvalue weighted by Gasteiger charge is 2.28. The number of nitrogens with two attached hydrogens (primary N) is 1. The molecule has 1 aromatic rings. The number of amides is 1. The van der Waals surface area contributed by atoms with Gasteiger partial charge in [0.05, 0.1) is 4.90 Å². The largest absolute Gasteiger partial charge is 0.337 e. The van der Waals surface area contributed by atoms with Crippen molar-refractivity contribution in [2.45, 2.75) is 36.6 Å². The van der Waals surface area contributed by atoms with Gasteiger partial charge in [-0.05, 0) is 37.5 Å². The summed E-state index contributed by atoms with van der Waals surface area (Å²) in [5.74, 6) is -0.145. The zero-order valence-corrected chi connectivity index (χ0v) is 15.2. The molecule has 1 atom stereocenters. The summed E-state index contributed by atoms with van der Waals surface area (Å²) in [6.45, 7) is 2.27. The van der Waals surface area contributed by atoms with Crippen molar-refractivity contribution in [3.63, 3.8) is 0 Å². The van der Waals surface area contributed by atoms with Gasteiger partial charge in [-0.25, -0.2) is 8.42 Å². The molecule has 0 spiro atoms. The fourth-order valence-corrected chi connectivity index (χ4v) is 4.76. The molecule has 134 valence electrons. The highest BCUT2D eigenvalue weighted by molar-refractivity contribution is 7.89. The Labute approximate surface area is 149 Å². The van der Waals surface area contributed by atoms with Gasteiger partial charge in [-0.2, -0.15) is 4.31 Å². The van der Waals surface area contributed by atoms with E-state index in [2.05, 4.69) is 0 Å². The van der Waals surface area contributed by atoms with E-state index in [-0.39, 0.29) is 29.3 Å². The van der Waals surface area contributed by atoms with Crippen molar-refractivity contribution in [2.24, 2.45) is 5.73 Å². The molecule has 1 amide bonds. The van der Waals surface area contributed by atoms with E-state index in [1.807, 2.05) is 0 Å². The number of carbonyl (C=O) groups excluding carboxylic acids is 1. The second kappa shape index (κ2) is 7.82. The molecular formula is C16H24ClN3O3S. The molecule has 2 aliphatic heterocycles. The number of carbonyl (C=O) groups is 1. The van der Waals surface area contributed by atoms with Crippen LogP contribution in [0, 0.1) is 0 Å². The molecule has 0 aromatic heterocycles. The summed E-state index contributed by atoms with van der Waals surface area (Å²) in [6, 6.07) is 6.38. The third-order valence-corrected chi connectivity index (χ3v) is 6.44. The number of sulfonamides is 1. The lowest BCUT2D eigenvalue weighted by Gasteiger charge is -2.26. The van der Waals surface area contributed by atoms with Gasteiger partial charge in [-0.15, -0.1) is 12.4 Å². The van der Waals surface area contributed by atoms with Gasteiger partial charge in [0.25, 0.3) is 5.91 Å². The van der Waals surface area contributed by atoms with Gasteiger partial charge in [0.15, 0.2) is 0 Å². The van der Waals surface area contributed by atoms with Crippen molar-refractivity contribution in [3.05, 3.63) is 29.8 Å². The number of benzene rings is 1. The van der Waals surface area contributed by atoms with Gasteiger partial charge >= 0.3 is 0 Å². The molecule has 3 rings (SSSR count). The summed E-state index contributed by atoms with van der Waals surface area (Å²) < 4.78 is 27.0. The van der Waals surface area contributed by atoms with Crippen LogP contribution in [0.25, 0.3) is 0 Å². The third-order valence-electron chi connectivity index (χ3n) is 4.55. The minimum atomic E-state index is -3.51. The first-order valence-electron chi connectivity index (χ1n) is 8.13. The van der Waals surface area contributed by atoms with Gasteiger partial charge in [0.2, 0.25) is 10.0 Å². The van der Waals surface area contributed by atoms with E-state index in [9.17, 15) is 13.2 Å². The third kappa shape index (κ3) is 3.91. The Kier molecular flexibility index (Phi) is 6.25. The molecule has 1 aromatic carbocycles. The Hall–Kier alpha value is -1.15. The fraction of sp³-hybridized carbons (Fsp3) is 0.562. The van der Waals surface area contributed by atoms with Crippen molar-refractivity contribution in [1.82, 2.24) is 9.21 Å². The first-order chi connectivity index (χ1) is 11.0. The zero-order chi connectivity index (χ0) is 16.4.